The number of benzene rings is 1. The highest BCUT2D eigenvalue weighted by atomic mass is 32.2. The van der Waals surface area contributed by atoms with E-state index in [0.717, 1.165) is 6.26 Å². The topological polar surface area (TPSA) is 90.7 Å². The first-order chi connectivity index (χ1) is 7.92. The fraction of sp³-hybridized carbons (Fsp3) is 0.400. The average Bonchev–Trinajstić information content (AvgIpc) is 2.19. The predicted octanol–water partition coefficient (Wildman–Crippen LogP) is 0.666. The van der Waals surface area contributed by atoms with Crippen molar-refractivity contribution in [3.63, 3.8) is 0 Å². The molecule has 1 aromatic carbocycles. The Morgan fingerprint density at radius 2 is 2.06 bits per heavy atom. The molecular weight excluding hydrogens is 244 g/mol. The van der Waals surface area contributed by atoms with E-state index in [1.807, 2.05) is 0 Å². The monoisotopic (exact) mass is 260 g/mol. The summed E-state index contributed by atoms with van der Waals surface area (Å²) in [6.07, 6.45) is 1.06. The molecule has 0 bridgehead atoms. The van der Waals surface area contributed by atoms with Crippen LogP contribution in [0.2, 0.25) is 0 Å². The van der Waals surface area contributed by atoms with Crippen molar-refractivity contribution in [3.8, 4) is 5.75 Å². The van der Waals surface area contributed by atoms with Gasteiger partial charge in [0.1, 0.15) is 12.4 Å². The third kappa shape index (κ3) is 4.92. The van der Waals surface area contributed by atoms with Crippen molar-refractivity contribution in [3.05, 3.63) is 18.2 Å². The maximum absolute atomic E-state index is 11.2. The van der Waals surface area contributed by atoms with Crippen LogP contribution in [-0.2, 0) is 14.8 Å². The van der Waals surface area contributed by atoms with Crippen LogP contribution in [0.15, 0.2) is 18.2 Å². The molecule has 0 fully saturated rings. The molecule has 7 heteroatoms. The summed E-state index contributed by atoms with van der Waals surface area (Å²) in [5, 5.41) is 0. The lowest BCUT2D eigenvalue weighted by Gasteiger charge is -2.12. The number of nitrogens with two attached hydrogens (primary N) is 1. The second kappa shape index (κ2) is 5.74. The van der Waals surface area contributed by atoms with Gasteiger partial charge in [-0.15, -0.1) is 0 Å². The van der Waals surface area contributed by atoms with Crippen LogP contribution >= 0.6 is 0 Å². The van der Waals surface area contributed by atoms with Crippen molar-refractivity contribution in [1.82, 2.24) is 0 Å². The smallest absolute Gasteiger partial charge is 0.229 e. The molecule has 17 heavy (non-hydrogen) atoms. The SMILES string of the molecule is COCCOc1ccc(N)cc1NS(C)(=O)=O. The lowest BCUT2D eigenvalue weighted by atomic mass is 10.2. The Balaban J connectivity index is 2.88. The highest BCUT2D eigenvalue weighted by molar-refractivity contribution is 7.92. The summed E-state index contributed by atoms with van der Waals surface area (Å²) in [4.78, 5) is 0. The molecule has 1 rings (SSSR count). The molecule has 0 aliphatic heterocycles. The number of sulfonamides is 1. The largest absolute Gasteiger partial charge is 0.489 e. The number of nitrogens with one attached hydrogen (secondary N) is 1. The van der Waals surface area contributed by atoms with Gasteiger partial charge in [0.05, 0.1) is 18.6 Å². The maximum atomic E-state index is 11.2. The minimum absolute atomic E-state index is 0.323. The number of rotatable bonds is 6. The van der Waals surface area contributed by atoms with Crippen LogP contribution < -0.4 is 15.2 Å². The Hall–Kier alpha value is -1.47. The number of hydrogen-bond acceptors (Lipinski definition) is 5. The van der Waals surface area contributed by atoms with Crippen LogP contribution in [0.5, 0.6) is 5.75 Å². The Labute approximate surface area is 101 Å². The van der Waals surface area contributed by atoms with Crippen molar-refractivity contribution in [2.24, 2.45) is 0 Å². The summed E-state index contributed by atoms with van der Waals surface area (Å²) in [5.41, 5.74) is 6.36. The predicted molar refractivity (Wildman–Crippen MR) is 66.7 cm³/mol. The molecule has 0 atom stereocenters. The highest BCUT2D eigenvalue weighted by Gasteiger charge is 2.09. The summed E-state index contributed by atoms with van der Waals surface area (Å²) in [6, 6.07) is 4.75. The Morgan fingerprint density at radius 3 is 2.65 bits per heavy atom. The summed E-state index contributed by atoms with van der Waals surface area (Å²) < 4.78 is 34.9. The van der Waals surface area contributed by atoms with E-state index in [9.17, 15) is 8.42 Å². The van der Waals surface area contributed by atoms with Gasteiger partial charge < -0.3 is 15.2 Å². The molecule has 0 radical (unpaired) electrons. The lowest BCUT2D eigenvalue weighted by Crippen LogP contribution is -2.12. The van der Waals surface area contributed by atoms with Crippen molar-refractivity contribution >= 4 is 21.4 Å². The molecule has 6 nitrogen and oxygen atoms in total. The van der Waals surface area contributed by atoms with Crippen LogP contribution in [0.25, 0.3) is 0 Å². The molecular formula is C10H16N2O4S. The number of ether oxygens (including phenoxy) is 2. The normalized spacial score (nSPS) is 11.2. The third-order valence-corrected chi connectivity index (χ3v) is 2.43. The minimum Gasteiger partial charge on any atom is -0.489 e. The van der Waals surface area contributed by atoms with E-state index in [2.05, 4.69) is 4.72 Å². The molecule has 0 unspecified atom stereocenters. The Bertz CT molecular complexity index is 473. The summed E-state index contributed by atoms with van der Waals surface area (Å²) in [7, 11) is -1.81. The van der Waals surface area contributed by atoms with Gasteiger partial charge in [0, 0.05) is 12.8 Å². The lowest BCUT2D eigenvalue weighted by molar-refractivity contribution is 0.147. The van der Waals surface area contributed by atoms with Gasteiger partial charge in [0.2, 0.25) is 10.0 Å². The third-order valence-electron chi connectivity index (χ3n) is 1.84. The summed E-state index contributed by atoms with van der Waals surface area (Å²) in [6.45, 7) is 0.752. The Morgan fingerprint density at radius 1 is 1.35 bits per heavy atom. The number of hydrogen-bond donors (Lipinski definition) is 2. The molecule has 96 valence electrons. The molecule has 0 aliphatic carbocycles. The fourth-order valence-corrected chi connectivity index (χ4v) is 1.75. The first-order valence-corrected chi connectivity index (χ1v) is 6.80. The van der Waals surface area contributed by atoms with Crippen LogP contribution in [-0.4, -0.2) is 35.0 Å². The van der Waals surface area contributed by atoms with E-state index in [0.29, 0.717) is 30.3 Å². The molecule has 0 aliphatic rings. The van der Waals surface area contributed by atoms with E-state index < -0.39 is 10.0 Å². The summed E-state index contributed by atoms with van der Waals surface area (Å²) in [5.74, 6) is 0.418. The fourth-order valence-electron chi connectivity index (χ4n) is 1.19. The average molecular weight is 260 g/mol. The zero-order valence-electron chi connectivity index (χ0n) is 9.76. The first-order valence-electron chi connectivity index (χ1n) is 4.91. The molecule has 0 amide bonds. The Kier molecular flexibility index (Phi) is 4.59. The molecule has 1 aromatic rings. The van der Waals surface area contributed by atoms with Crippen LogP contribution in [0.3, 0.4) is 0 Å². The van der Waals surface area contributed by atoms with Gasteiger partial charge in [0.15, 0.2) is 0 Å². The summed E-state index contributed by atoms with van der Waals surface area (Å²) >= 11 is 0. The second-order valence-electron chi connectivity index (χ2n) is 3.47. The quantitative estimate of drug-likeness (QED) is 0.579. The van der Waals surface area contributed by atoms with Gasteiger partial charge in [-0.2, -0.15) is 0 Å². The van der Waals surface area contributed by atoms with Gasteiger partial charge in [0.25, 0.3) is 0 Å². The molecule has 0 heterocycles. The minimum atomic E-state index is -3.36. The van der Waals surface area contributed by atoms with Crippen molar-refractivity contribution in [1.29, 1.82) is 0 Å². The molecule has 0 spiro atoms. The van der Waals surface area contributed by atoms with Gasteiger partial charge in [-0.1, -0.05) is 0 Å². The number of nitrogen functional groups attached to an aromatic ring is 1. The second-order valence-corrected chi connectivity index (χ2v) is 5.22. The van der Waals surface area contributed by atoms with Gasteiger partial charge in [-0.05, 0) is 18.2 Å². The van der Waals surface area contributed by atoms with Crippen molar-refractivity contribution < 1.29 is 17.9 Å². The van der Waals surface area contributed by atoms with Crippen LogP contribution in [0, 0.1) is 0 Å². The van der Waals surface area contributed by atoms with E-state index >= 15 is 0 Å². The zero-order chi connectivity index (χ0) is 12.9. The van der Waals surface area contributed by atoms with E-state index in [1.54, 1.807) is 19.2 Å². The van der Waals surface area contributed by atoms with Crippen LogP contribution in [0.1, 0.15) is 0 Å². The van der Waals surface area contributed by atoms with Gasteiger partial charge >= 0.3 is 0 Å². The van der Waals surface area contributed by atoms with E-state index in [-0.39, 0.29) is 0 Å². The van der Waals surface area contributed by atoms with Crippen molar-refractivity contribution in [2.75, 3.05) is 37.0 Å². The number of methoxy groups -OCH3 is 1. The molecule has 0 saturated carbocycles. The van der Waals surface area contributed by atoms with E-state index in [4.69, 9.17) is 15.2 Å². The van der Waals surface area contributed by atoms with Crippen molar-refractivity contribution in [2.45, 2.75) is 0 Å². The first kappa shape index (κ1) is 13.6. The highest BCUT2D eigenvalue weighted by Crippen LogP contribution is 2.27. The van der Waals surface area contributed by atoms with Crippen LogP contribution in [0.4, 0.5) is 11.4 Å². The molecule has 0 aromatic heterocycles. The standard InChI is InChI=1S/C10H16N2O4S/c1-15-5-6-16-10-4-3-8(11)7-9(10)12-17(2,13)14/h3-4,7,12H,5-6,11H2,1-2H3. The van der Waals surface area contributed by atoms with Gasteiger partial charge in [-0.3, -0.25) is 4.72 Å². The van der Waals surface area contributed by atoms with E-state index in [1.165, 1.54) is 6.07 Å². The van der Waals surface area contributed by atoms with Gasteiger partial charge in [-0.25, -0.2) is 8.42 Å². The molecule has 0 saturated heterocycles. The zero-order valence-corrected chi connectivity index (χ0v) is 10.6. The molecule has 3 N–H and O–H groups in total. The maximum Gasteiger partial charge on any atom is 0.229 e. The number of anilines is 2.